The van der Waals surface area contributed by atoms with Gasteiger partial charge in [-0.1, -0.05) is 6.92 Å². The van der Waals surface area contributed by atoms with E-state index in [9.17, 15) is 13.2 Å². The van der Waals surface area contributed by atoms with Gasteiger partial charge >= 0.3 is 0 Å². The van der Waals surface area contributed by atoms with Gasteiger partial charge in [-0.15, -0.1) is 0 Å². The van der Waals surface area contributed by atoms with Crippen LogP contribution in [0.15, 0.2) is 29.2 Å². The molecule has 1 atom stereocenters. The zero-order valence-corrected chi connectivity index (χ0v) is 15.6. The normalized spacial score (nSPS) is 22.4. The molecule has 138 valence electrons. The number of carbonyl (C=O) groups excluding carboxylic acids is 1. The van der Waals surface area contributed by atoms with E-state index < -0.39 is 10.0 Å². The highest BCUT2D eigenvalue weighted by molar-refractivity contribution is 7.89. The fourth-order valence-electron chi connectivity index (χ4n) is 3.71. The maximum Gasteiger partial charge on any atom is 0.251 e. The van der Waals surface area contributed by atoms with Crippen LogP contribution < -0.4 is 5.32 Å². The first kappa shape index (κ1) is 18.4. The van der Waals surface area contributed by atoms with E-state index in [0.717, 1.165) is 32.4 Å². The number of nitrogens with one attached hydrogen (secondary N) is 1. The second kappa shape index (κ2) is 7.85. The van der Waals surface area contributed by atoms with E-state index >= 15 is 0 Å². The minimum Gasteiger partial charge on any atom is -0.350 e. The molecule has 0 radical (unpaired) electrons. The zero-order chi connectivity index (χ0) is 17.9. The number of sulfonamides is 1. The van der Waals surface area contributed by atoms with Crippen LogP contribution >= 0.6 is 0 Å². The second-order valence-electron chi connectivity index (χ2n) is 6.77. The summed E-state index contributed by atoms with van der Waals surface area (Å²) < 4.78 is 26.5. The number of amides is 1. The van der Waals surface area contributed by atoms with Crippen molar-refractivity contribution in [1.82, 2.24) is 14.5 Å². The Bertz CT molecular complexity index is 697. The van der Waals surface area contributed by atoms with Crippen molar-refractivity contribution in [2.45, 2.75) is 43.5 Å². The molecule has 2 heterocycles. The largest absolute Gasteiger partial charge is 0.350 e. The Hall–Kier alpha value is -1.44. The van der Waals surface area contributed by atoms with Crippen molar-refractivity contribution < 1.29 is 13.2 Å². The van der Waals surface area contributed by atoms with Crippen molar-refractivity contribution in [3.8, 4) is 0 Å². The lowest BCUT2D eigenvalue weighted by Gasteiger charge is -2.22. The fourth-order valence-corrected chi connectivity index (χ4v) is 5.23. The number of nitrogens with zero attached hydrogens (tertiary/aromatic N) is 2. The number of rotatable bonds is 6. The summed E-state index contributed by atoms with van der Waals surface area (Å²) in [7, 11) is -3.42. The van der Waals surface area contributed by atoms with Crippen LogP contribution in [0, 0.1) is 0 Å². The number of hydrogen-bond acceptors (Lipinski definition) is 4. The summed E-state index contributed by atoms with van der Waals surface area (Å²) in [6.07, 6.45) is 4.11. The number of hydrogen-bond donors (Lipinski definition) is 1. The lowest BCUT2D eigenvalue weighted by Crippen LogP contribution is -2.40. The van der Waals surface area contributed by atoms with E-state index in [2.05, 4.69) is 17.1 Å². The van der Waals surface area contributed by atoms with Crippen LogP contribution in [0.25, 0.3) is 0 Å². The van der Waals surface area contributed by atoms with Gasteiger partial charge in [-0.25, -0.2) is 8.42 Å². The van der Waals surface area contributed by atoms with Gasteiger partial charge in [-0.05, 0) is 63.0 Å². The first-order valence-corrected chi connectivity index (χ1v) is 10.6. The highest BCUT2D eigenvalue weighted by atomic mass is 32.2. The maximum absolute atomic E-state index is 12.5. The smallest absolute Gasteiger partial charge is 0.251 e. The van der Waals surface area contributed by atoms with Crippen LogP contribution in [0.2, 0.25) is 0 Å². The molecule has 0 spiro atoms. The Kier molecular flexibility index (Phi) is 5.76. The zero-order valence-electron chi connectivity index (χ0n) is 14.8. The highest BCUT2D eigenvalue weighted by Gasteiger charge is 2.27. The van der Waals surface area contributed by atoms with E-state index in [1.54, 1.807) is 12.1 Å². The van der Waals surface area contributed by atoms with E-state index in [0.29, 0.717) is 31.2 Å². The topological polar surface area (TPSA) is 69.7 Å². The predicted molar refractivity (Wildman–Crippen MR) is 97.0 cm³/mol. The van der Waals surface area contributed by atoms with Gasteiger partial charge in [0, 0.05) is 31.2 Å². The molecule has 1 N–H and O–H groups in total. The van der Waals surface area contributed by atoms with Gasteiger partial charge in [-0.2, -0.15) is 4.31 Å². The van der Waals surface area contributed by atoms with E-state index in [1.807, 2.05) is 0 Å². The molecule has 25 heavy (non-hydrogen) atoms. The summed E-state index contributed by atoms with van der Waals surface area (Å²) in [6.45, 7) is 6.05. The standard InChI is InChI=1S/C18H27N3O3S/c1-2-20-11-5-6-16(20)14-19-18(22)15-7-9-17(10-8-15)25(23,24)21-12-3-4-13-21/h7-10,16H,2-6,11-14H2,1H3,(H,19,22)/t16-/m1/s1. The summed E-state index contributed by atoms with van der Waals surface area (Å²) in [5.74, 6) is -0.145. The molecule has 1 aromatic rings. The van der Waals surface area contributed by atoms with Crippen LogP contribution in [0.4, 0.5) is 0 Å². The highest BCUT2D eigenvalue weighted by Crippen LogP contribution is 2.21. The average molecular weight is 365 g/mol. The van der Waals surface area contributed by atoms with Gasteiger partial charge in [0.1, 0.15) is 0 Å². The number of carbonyl (C=O) groups is 1. The molecule has 2 fully saturated rings. The third-order valence-corrected chi connectivity index (χ3v) is 7.14. The van der Waals surface area contributed by atoms with E-state index in [1.165, 1.54) is 22.9 Å². The van der Waals surface area contributed by atoms with Crippen LogP contribution in [-0.4, -0.2) is 62.3 Å². The summed E-state index contributed by atoms with van der Waals surface area (Å²) in [5, 5.41) is 2.98. The van der Waals surface area contributed by atoms with Gasteiger partial charge in [0.25, 0.3) is 5.91 Å². The minimum atomic E-state index is -3.42. The summed E-state index contributed by atoms with van der Waals surface area (Å²) in [5.41, 5.74) is 0.501. The molecule has 2 saturated heterocycles. The SMILES string of the molecule is CCN1CCC[C@@H]1CNC(=O)c1ccc(S(=O)(=O)N2CCCC2)cc1. The third kappa shape index (κ3) is 4.04. The maximum atomic E-state index is 12.5. The molecule has 0 unspecified atom stereocenters. The summed E-state index contributed by atoms with van der Waals surface area (Å²) in [4.78, 5) is 15.0. The molecule has 1 amide bonds. The third-order valence-electron chi connectivity index (χ3n) is 5.22. The lowest BCUT2D eigenvalue weighted by atomic mass is 10.2. The Labute approximate surface area is 150 Å². The average Bonchev–Trinajstić information content (AvgIpc) is 3.31. The molecular weight excluding hydrogens is 338 g/mol. The van der Waals surface area contributed by atoms with Crippen LogP contribution in [0.1, 0.15) is 43.0 Å². The van der Waals surface area contributed by atoms with Gasteiger partial charge in [-0.3, -0.25) is 9.69 Å². The molecule has 6 nitrogen and oxygen atoms in total. The molecule has 0 aliphatic carbocycles. The molecule has 7 heteroatoms. The Balaban J connectivity index is 1.61. The number of benzene rings is 1. The van der Waals surface area contributed by atoms with Crippen molar-refractivity contribution in [2.24, 2.45) is 0 Å². The van der Waals surface area contributed by atoms with Crippen molar-refractivity contribution in [1.29, 1.82) is 0 Å². The molecule has 0 saturated carbocycles. The van der Waals surface area contributed by atoms with Crippen molar-refractivity contribution >= 4 is 15.9 Å². The number of likely N-dealkylation sites (N-methyl/N-ethyl adjacent to an activating group) is 1. The summed E-state index contributed by atoms with van der Waals surface area (Å²) in [6, 6.07) is 6.69. The van der Waals surface area contributed by atoms with Crippen molar-refractivity contribution in [2.75, 3.05) is 32.7 Å². The van der Waals surface area contributed by atoms with Crippen LogP contribution in [0.5, 0.6) is 0 Å². The van der Waals surface area contributed by atoms with Crippen molar-refractivity contribution in [3.05, 3.63) is 29.8 Å². The van der Waals surface area contributed by atoms with Gasteiger partial charge in [0.15, 0.2) is 0 Å². The molecule has 0 aromatic heterocycles. The van der Waals surface area contributed by atoms with E-state index in [4.69, 9.17) is 0 Å². The predicted octanol–water partition coefficient (Wildman–Crippen LogP) is 1.69. The fraction of sp³-hybridized carbons (Fsp3) is 0.611. The number of likely N-dealkylation sites (tertiary alicyclic amines) is 1. The van der Waals surface area contributed by atoms with Crippen LogP contribution in [0.3, 0.4) is 0 Å². The molecule has 2 aliphatic heterocycles. The monoisotopic (exact) mass is 365 g/mol. The second-order valence-corrected chi connectivity index (χ2v) is 8.71. The molecule has 3 rings (SSSR count). The molecular formula is C18H27N3O3S. The molecule has 0 bridgehead atoms. The van der Waals surface area contributed by atoms with E-state index in [-0.39, 0.29) is 10.8 Å². The quantitative estimate of drug-likeness (QED) is 0.833. The van der Waals surface area contributed by atoms with Gasteiger partial charge < -0.3 is 5.32 Å². The van der Waals surface area contributed by atoms with Crippen molar-refractivity contribution in [3.63, 3.8) is 0 Å². The minimum absolute atomic E-state index is 0.145. The Morgan fingerprint density at radius 2 is 1.80 bits per heavy atom. The lowest BCUT2D eigenvalue weighted by molar-refractivity contribution is 0.0941. The Morgan fingerprint density at radius 1 is 1.12 bits per heavy atom. The first-order valence-electron chi connectivity index (χ1n) is 9.15. The molecule has 2 aliphatic rings. The summed E-state index contributed by atoms with van der Waals surface area (Å²) >= 11 is 0. The Morgan fingerprint density at radius 3 is 2.44 bits per heavy atom. The van der Waals surface area contributed by atoms with Crippen LogP contribution in [-0.2, 0) is 10.0 Å². The first-order chi connectivity index (χ1) is 12.0. The van der Waals surface area contributed by atoms with Gasteiger partial charge in [0.2, 0.25) is 10.0 Å². The molecule has 1 aromatic carbocycles. The van der Waals surface area contributed by atoms with Gasteiger partial charge in [0.05, 0.1) is 4.90 Å².